The number of fused-ring (bicyclic) bond motifs is 1. The van der Waals surface area contributed by atoms with Crippen molar-refractivity contribution in [2.45, 2.75) is 13.8 Å². The monoisotopic (exact) mass is 417 g/mol. The lowest BCUT2D eigenvalue weighted by atomic mass is 10.2. The fourth-order valence-corrected chi connectivity index (χ4v) is 3.80. The first-order valence-corrected chi connectivity index (χ1v) is 10.1. The molecule has 0 aliphatic rings. The van der Waals surface area contributed by atoms with Crippen LogP contribution in [0.25, 0.3) is 10.2 Å². The van der Waals surface area contributed by atoms with Crippen molar-refractivity contribution in [3.8, 4) is 5.75 Å². The number of hydrogen-bond donors (Lipinski definition) is 1. The van der Waals surface area contributed by atoms with Crippen molar-refractivity contribution in [3.05, 3.63) is 53.1 Å². The molecule has 3 aromatic rings. The minimum Gasteiger partial charge on any atom is -0.484 e. The Morgan fingerprint density at radius 1 is 1.14 bits per heavy atom. The third kappa shape index (κ3) is 4.79. The van der Waals surface area contributed by atoms with Gasteiger partial charge < -0.3 is 9.64 Å². The number of halogens is 1. The second kappa shape index (κ2) is 9.03. The summed E-state index contributed by atoms with van der Waals surface area (Å²) in [6.07, 6.45) is 0. The summed E-state index contributed by atoms with van der Waals surface area (Å²) in [5, 5.41) is 3.84. The predicted molar refractivity (Wildman–Crippen MR) is 112 cm³/mol. The fourth-order valence-electron chi connectivity index (χ4n) is 2.64. The van der Waals surface area contributed by atoms with Gasteiger partial charge in [-0.25, -0.2) is 4.98 Å². The van der Waals surface area contributed by atoms with E-state index in [0.717, 1.165) is 10.2 Å². The molecule has 0 aliphatic heterocycles. The van der Waals surface area contributed by atoms with Crippen LogP contribution in [-0.4, -0.2) is 41.4 Å². The van der Waals surface area contributed by atoms with Crippen molar-refractivity contribution < 1.29 is 14.3 Å². The highest BCUT2D eigenvalue weighted by molar-refractivity contribution is 7.22. The number of hydrogen-bond acceptors (Lipinski definition) is 5. The zero-order valence-corrected chi connectivity index (χ0v) is 17.1. The lowest BCUT2D eigenvalue weighted by Crippen LogP contribution is -2.30. The first-order chi connectivity index (χ1) is 13.5. The second-order valence-electron chi connectivity index (χ2n) is 5.97. The first-order valence-electron chi connectivity index (χ1n) is 8.88. The number of benzene rings is 2. The summed E-state index contributed by atoms with van der Waals surface area (Å²) in [4.78, 5) is 30.5. The van der Waals surface area contributed by atoms with Gasteiger partial charge in [0.05, 0.1) is 10.2 Å². The van der Waals surface area contributed by atoms with Crippen LogP contribution in [0.15, 0.2) is 42.5 Å². The van der Waals surface area contributed by atoms with E-state index in [0.29, 0.717) is 34.6 Å². The smallest absolute Gasteiger partial charge is 0.264 e. The molecular weight excluding hydrogens is 398 g/mol. The number of anilines is 1. The van der Waals surface area contributed by atoms with Crippen LogP contribution < -0.4 is 10.1 Å². The van der Waals surface area contributed by atoms with Crippen LogP contribution in [-0.2, 0) is 4.79 Å². The fraction of sp³-hybridized carbons (Fsp3) is 0.250. The highest BCUT2D eigenvalue weighted by Gasteiger charge is 2.13. The van der Waals surface area contributed by atoms with Crippen LogP contribution in [0.3, 0.4) is 0 Å². The molecule has 28 heavy (non-hydrogen) atoms. The maximum absolute atomic E-state index is 12.3. The van der Waals surface area contributed by atoms with Crippen LogP contribution in [0.1, 0.15) is 24.2 Å². The Balaban J connectivity index is 1.55. The quantitative estimate of drug-likeness (QED) is 0.616. The number of amides is 2. The summed E-state index contributed by atoms with van der Waals surface area (Å²) in [6.45, 7) is 5.05. The lowest BCUT2D eigenvalue weighted by molar-refractivity contribution is -0.118. The number of carbonyl (C=O) groups excluding carboxylic acids is 2. The zero-order valence-electron chi connectivity index (χ0n) is 15.6. The molecular formula is C20H20ClN3O3S. The van der Waals surface area contributed by atoms with Gasteiger partial charge in [0, 0.05) is 23.7 Å². The summed E-state index contributed by atoms with van der Waals surface area (Å²) in [7, 11) is 0. The summed E-state index contributed by atoms with van der Waals surface area (Å²) >= 11 is 7.31. The van der Waals surface area contributed by atoms with Gasteiger partial charge in [0.2, 0.25) is 0 Å². The Morgan fingerprint density at radius 3 is 2.54 bits per heavy atom. The van der Waals surface area contributed by atoms with Crippen molar-refractivity contribution in [2.24, 2.45) is 0 Å². The maximum atomic E-state index is 12.3. The topological polar surface area (TPSA) is 71.5 Å². The highest BCUT2D eigenvalue weighted by atomic mass is 35.5. The van der Waals surface area contributed by atoms with E-state index in [1.807, 2.05) is 19.9 Å². The maximum Gasteiger partial charge on any atom is 0.264 e. The summed E-state index contributed by atoms with van der Waals surface area (Å²) in [5.41, 5.74) is 1.37. The number of thiazole rings is 1. The Hall–Kier alpha value is -2.64. The molecule has 2 amide bonds. The van der Waals surface area contributed by atoms with Crippen LogP contribution in [0.5, 0.6) is 5.75 Å². The molecule has 0 unspecified atom stereocenters. The van der Waals surface area contributed by atoms with Crippen molar-refractivity contribution in [1.29, 1.82) is 0 Å². The van der Waals surface area contributed by atoms with Crippen molar-refractivity contribution in [3.63, 3.8) is 0 Å². The van der Waals surface area contributed by atoms with E-state index in [4.69, 9.17) is 16.3 Å². The van der Waals surface area contributed by atoms with Crippen molar-refractivity contribution >= 4 is 50.1 Å². The summed E-state index contributed by atoms with van der Waals surface area (Å²) < 4.78 is 6.40. The van der Waals surface area contributed by atoms with E-state index in [-0.39, 0.29) is 18.4 Å². The molecule has 0 spiro atoms. The number of nitrogens with one attached hydrogen (secondary N) is 1. The molecule has 0 radical (unpaired) electrons. The molecule has 2 aromatic carbocycles. The molecule has 1 aromatic heterocycles. The van der Waals surface area contributed by atoms with E-state index >= 15 is 0 Å². The summed E-state index contributed by atoms with van der Waals surface area (Å²) in [5.74, 6) is 0.181. The Morgan fingerprint density at radius 2 is 1.86 bits per heavy atom. The molecule has 0 atom stereocenters. The van der Waals surface area contributed by atoms with Gasteiger partial charge in [-0.2, -0.15) is 0 Å². The zero-order chi connectivity index (χ0) is 20.1. The van der Waals surface area contributed by atoms with E-state index in [9.17, 15) is 9.59 Å². The van der Waals surface area contributed by atoms with E-state index in [1.54, 1.807) is 41.3 Å². The molecule has 0 aliphatic carbocycles. The number of aromatic nitrogens is 1. The minimum atomic E-state index is -0.312. The molecule has 1 heterocycles. The van der Waals surface area contributed by atoms with E-state index < -0.39 is 0 Å². The van der Waals surface area contributed by atoms with Crippen molar-refractivity contribution in [2.75, 3.05) is 25.0 Å². The minimum absolute atomic E-state index is 0.0229. The van der Waals surface area contributed by atoms with E-state index in [2.05, 4.69) is 10.3 Å². The van der Waals surface area contributed by atoms with Crippen molar-refractivity contribution in [1.82, 2.24) is 9.88 Å². The van der Waals surface area contributed by atoms with Crippen LogP contribution in [0, 0.1) is 0 Å². The third-order valence-electron chi connectivity index (χ3n) is 4.12. The number of rotatable bonds is 7. The normalized spacial score (nSPS) is 10.7. The van der Waals surface area contributed by atoms with Gasteiger partial charge in [0.25, 0.3) is 11.8 Å². The Bertz CT molecular complexity index is 984. The van der Waals surface area contributed by atoms with Gasteiger partial charge in [0.15, 0.2) is 11.7 Å². The Labute approximate surface area is 172 Å². The molecule has 0 saturated carbocycles. The van der Waals surface area contributed by atoms with Gasteiger partial charge in [-0.15, -0.1) is 0 Å². The molecule has 0 saturated heterocycles. The lowest BCUT2D eigenvalue weighted by Gasteiger charge is -2.18. The van der Waals surface area contributed by atoms with Crippen LogP contribution >= 0.6 is 22.9 Å². The van der Waals surface area contributed by atoms with E-state index in [1.165, 1.54) is 11.3 Å². The van der Waals surface area contributed by atoms with Crippen LogP contribution in [0.2, 0.25) is 5.02 Å². The standard InChI is InChI=1S/C20H20ClN3O3S/c1-3-24(4-2)19(26)13-5-8-15(9-6-13)27-12-18(25)23-20-22-16-10-7-14(21)11-17(16)28-20/h5-11H,3-4,12H2,1-2H3,(H,22,23,25). The van der Waals surface area contributed by atoms with Crippen LogP contribution in [0.4, 0.5) is 5.13 Å². The molecule has 146 valence electrons. The number of ether oxygens (including phenoxy) is 1. The van der Waals surface area contributed by atoms with Gasteiger partial charge in [-0.3, -0.25) is 14.9 Å². The number of carbonyl (C=O) groups is 2. The molecule has 1 N–H and O–H groups in total. The average molecular weight is 418 g/mol. The Kier molecular flexibility index (Phi) is 6.49. The molecule has 3 rings (SSSR count). The van der Waals surface area contributed by atoms with Gasteiger partial charge in [-0.1, -0.05) is 22.9 Å². The largest absolute Gasteiger partial charge is 0.484 e. The summed E-state index contributed by atoms with van der Waals surface area (Å²) in [6, 6.07) is 12.1. The number of nitrogens with zero attached hydrogens (tertiary/aromatic N) is 2. The molecule has 0 fully saturated rings. The van der Waals surface area contributed by atoms with Gasteiger partial charge in [-0.05, 0) is 56.3 Å². The highest BCUT2D eigenvalue weighted by Crippen LogP contribution is 2.28. The predicted octanol–water partition coefficient (Wildman–Crippen LogP) is 4.45. The third-order valence-corrected chi connectivity index (χ3v) is 5.29. The van der Waals surface area contributed by atoms with Gasteiger partial charge >= 0.3 is 0 Å². The average Bonchev–Trinajstić information content (AvgIpc) is 3.08. The SMILES string of the molecule is CCN(CC)C(=O)c1ccc(OCC(=O)Nc2nc3ccc(Cl)cc3s2)cc1. The second-order valence-corrected chi connectivity index (χ2v) is 7.44. The molecule has 0 bridgehead atoms. The first kappa shape index (κ1) is 20.1. The van der Waals surface area contributed by atoms with Gasteiger partial charge in [0.1, 0.15) is 5.75 Å². The molecule has 8 heteroatoms. The molecule has 6 nitrogen and oxygen atoms in total.